The Balaban J connectivity index is 1.56. The molecule has 6 rings (SSSR count). The van der Waals surface area contributed by atoms with Gasteiger partial charge in [0.15, 0.2) is 0 Å². The van der Waals surface area contributed by atoms with Gasteiger partial charge in [-0.1, -0.05) is 54.6 Å². The van der Waals surface area contributed by atoms with Crippen molar-refractivity contribution in [1.82, 2.24) is 19.6 Å². The molecule has 0 radical (unpaired) electrons. The highest BCUT2D eigenvalue weighted by molar-refractivity contribution is 5.93. The van der Waals surface area contributed by atoms with Crippen LogP contribution in [-0.2, 0) is 15.1 Å². The molecule has 8 nitrogen and oxygen atoms in total. The summed E-state index contributed by atoms with van der Waals surface area (Å²) >= 11 is 0. The van der Waals surface area contributed by atoms with E-state index in [1.54, 1.807) is 4.52 Å². The third kappa shape index (κ3) is 3.96. The molecule has 0 spiro atoms. The number of fused-ring (bicyclic) bond motifs is 1. The van der Waals surface area contributed by atoms with Crippen LogP contribution in [0.3, 0.4) is 0 Å². The summed E-state index contributed by atoms with van der Waals surface area (Å²) in [7, 11) is 0. The van der Waals surface area contributed by atoms with Gasteiger partial charge in [0.2, 0.25) is 0 Å². The normalized spacial score (nSPS) is 17.6. The molecule has 2 aliphatic rings. The van der Waals surface area contributed by atoms with Crippen LogP contribution in [0.2, 0.25) is 0 Å². The van der Waals surface area contributed by atoms with Crippen molar-refractivity contribution in [2.45, 2.75) is 63.5 Å². The van der Waals surface area contributed by atoms with Crippen LogP contribution in [0.1, 0.15) is 56.8 Å². The quantitative estimate of drug-likeness (QED) is 0.347. The minimum atomic E-state index is -0.801. The van der Waals surface area contributed by atoms with Crippen LogP contribution in [-0.4, -0.2) is 37.7 Å². The minimum Gasteiger partial charge on any atom is -0.464 e. The molecule has 0 aliphatic heterocycles. The summed E-state index contributed by atoms with van der Waals surface area (Å²) in [4.78, 5) is 22.7. The first kappa shape index (κ1) is 23.6. The van der Waals surface area contributed by atoms with Crippen molar-refractivity contribution >= 4 is 17.6 Å². The van der Waals surface area contributed by atoms with Gasteiger partial charge in [-0.3, -0.25) is 0 Å². The number of nitrogens with two attached hydrogens (primary N) is 1. The number of ether oxygens (including phenoxy) is 1. The minimum absolute atomic E-state index is 0.231. The second-order valence-corrected chi connectivity index (χ2v) is 10.3. The summed E-state index contributed by atoms with van der Waals surface area (Å²) < 4.78 is 7.21. The van der Waals surface area contributed by atoms with E-state index in [1.807, 2.05) is 32.0 Å². The third-order valence-electron chi connectivity index (χ3n) is 7.87. The number of carbonyl (C=O) groups is 1. The monoisotopic (exact) mass is 496 g/mol. The molecule has 0 bridgehead atoms. The van der Waals surface area contributed by atoms with Gasteiger partial charge in [0.05, 0.1) is 17.9 Å². The van der Waals surface area contributed by atoms with E-state index in [1.165, 1.54) is 0 Å². The largest absolute Gasteiger partial charge is 0.464 e. The van der Waals surface area contributed by atoms with Crippen LogP contribution in [0, 0.1) is 6.92 Å². The molecule has 2 aromatic heterocycles. The van der Waals surface area contributed by atoms with Crippen LogP contribution < -0.4 is 11.1 Å². The summed E-state index contributed by atoms with van der Waals surface area (Å²) in [6, 6.07) is 18.5. The number of nitrogens with zero attached hydrogens (tertiary/aromatic N) is 4. The number of anilines is 1. The SMILES string of the molecule is CCOC(=O)C1(Nc2c(-c3ccccc3)c(-c3ccc(C4(N)CCC4)cc3)nc3nc(C)nn23)CCC1. The van der Waals surface area contributed by atoms with Gasteiger partial charge in [-0.25, -0.2) is 9.78 Å². The highest BCUT2D eigenvalue weighted by atomic mass is 16.5. The summed E-state index contributed by atoms with van der Waals surface area (Å²) in [5.74, 6) is 1.54. The fourth-order valence-corrected chi connectivity index (χ4v) is 5.42. The Morgan fingerprint density at radius 1 is 1.00 bits per heavy atom. The number of nitrogens with one attached hydrogen (secondary N) is 1. The number of rotatable bonds is 7. The van der Waals surface area contributed by atoms with E-state index in [9.17, 15) is 4.79 Å². The van der Waals surface area contributed by atoms with Crippen molar-refractivity contribution in [2.75, 3.05) is 11.9 Å². The van der Waals surface area contributed by atoms with E-state index in [2.05, 4.69) is 51.8 Å². The molecule has 8 heteroatoms. The maximum absolute atomic E-state index is 13.1. The van der Waals surface area contributed by atoms with Gasteiger partial charge in [0.1, 0.15) is 17.2 Å². The fourth-order valence-electron chi connectivity index (χ4n) is 5.42. The molecule has 2 heterocycles. The zero-order valence-electron chi connectivity index (χ0n) is 21.3. The van der Waals surface area contributed by atoms with E-state index in [0.29, 0.717) is 36.9 Å². The summed E-state index contributed by atoms with van der Waals surface area (Å²) in [6.07, 6.45) is 5.52. The Morgan fingerprint density at radius 2 is 1.70 bits per heavy atom. The molecule has 4 aromatic rings. The van der Waals surface area contributed by atoms with Gasteiger partial charge in [0.25, 0.3) is 5.78 Å². The van der Waals surface area contributed by atoms with E-state index in [0.717, 1.165) is 53.6 Å². The number of aryl methyl sites for hydroxylation is 1. The van der Waals surface area contributed by atoms with Crippen molar-refractivity contribution in [3.8, 4) is 22.4 Å². The molecule has 0 atom stereocenters. The molecular weight excluding hydrogens is 464 g/mol. The topological polar surface area (TPSA) is 107 Å². The highest BCUT2D eigenvalue weighted by Gasteiger charge is 2.47. The van der Waals surface area contributed by atoms with Gasteiger partial charge in [0, 0.05) is 11.1 Å². The summed E-state index contributed by atoms with van der Waals surface area (Å²) in [5.41, 5.74) is 10.3. The molecule has 0 saturated heterocycles. The summed E-state index contributed by atoms with van der Waals surface area (Å²) in [5, 5.41) is 8.25. The molecule has 2 aliphatic carbocycles. The fraction of sp³-hybridized carbons (Fsp3) is 0.379. The number of hydrogen-bond donors (Lipinski definition) is 2. The van der Waals surface area contributed by atoms with E-state index < -0.39 is 5.54 Å². The molecule has 2 aromatic carbocycles. The predicted molar refractivity (Wildman–Crippen MR) is 143 cm³/mol. The molecule has 3 N–H and O–H groups in total. The van der Waals surface area contributed by atoms with Crippen molar-refractivity contribution in [1.29, 1.82) is 0 Å². The molecular formula is C29H32N6O2. The zero-order chi connectivity index (χ0) is 25.6. The van der Waals surface area contributed by atoms with Crippen LogP contribution in [0.4, 0.5) is 5.82 Å². The Kier molecular flexibility index (Phi) is 5.71. The van der Waals surface area contributed by atoms with Crippen LogP contribution in [0.5, 0.6) is 0 Å². The van der Waals surface area contributed by atoms with Crippen molar-refractivity contribution in [2.24, 2.45) is 5.73 Å². The van der Waals surface area contributed by atoms with Gasteiger partial charge in [-0.15, -0.1) is 5.10 Å². The molecule has 0 unspecified atom stereocenters. The lowest BCUT2D eigenvalue weighted by atomic mass is 9.72. The second kappa shape index (κ2) is 8.95. The van der Waals surface area contributed by atoms with E-state index >= 15 is 0 Å². The van der Waals surface area contributed by atoms with Crippen molar-refractivity contribution in [3.05, 3.63) is 66.0 Å². The van der Waals surface area contributed by atoms with Gasteiger partial charge < -0.3 is 15.8 Å². The Morgan fingerprint density at radius 3 is 2.30 bits per heavy atom. The highest BCUT2D eigenvalue weighted by Crippen LogP contribution is 2.44. The number of carbonyl (C=O) groups excluding carboxylic acids is 1. The Bertz CT molecular complexity index is 1450. The molecule has 0 amide bonds. The van der Waals surface area contributed by atoms with E-state index in [4.69, 9.17) is 15.5 Å². The van der Waals surface area contributed by atoms with Crippen LogP contribution >= 0.6 is 0 Å². The maximum atomic E-state index is 13.1. The number of esters is 1. The first-order chi connectivity index (χ1) is 17.9. The maximum Gasteiger partial charge on any atom is 0.331 e. The van der Waals surface area contributed by atoms with E-state index in [-0.39, 0.29) is 11.5 Å². The second-order valence-electron chi connectivity index (χ2n) is 10.3. The van der Waals surface area contributed by atoms with Gasteiger partial charge in [-0.05, 0) is 63.5 Å². The standard InChI is InChI=1S/C29H32N6O2/c1-3-37-26(36)29(17-8-18-29)33-25-23(20-9-5-4-6-10-20)24(32-27-31-19(2)34-35(25)27)21-11-13-22(14-12-21)28(30)15-7-16-28/h4-6,9-14,33H,3,7-8,15-18,30H2,1-2H3. The lowest BCUT2D eigenvalue weighted by Crippen LogP contribution is -2.53. The van der Waals surface area contributed by atoms with Crippen molar-refractivity contribution in [3.63, 3.8) is 0 Å². The average Bonchev–Trinajstić information content (AvgIpc) is 3.25. The first-order valence-electron chi connectivity index (χ1n) is 13.1. The predicted octanol–water partition coefficient (Wildman–Crippen LogP) is 5.00. The number of benzene rings is 2. The summed E-state index contributed by atoms with van der Waals surface area (Å²) in [6.45, 7) is 4.02. The van der Waals surface area contributed by atoms with Crippen molar-refractivity contribution < 1.29 is 9.53 Å². The molecule has 2 saturated carbocycles. The third-order valence-corrected chi connectivity index (χ3v) is 7.87. The average molecular weight is 497 g/mol. The lowest BCUT2D eigenvalue weighted by molar-refractivity contribution is -0.151. The lowest BCUT2D eigenvalue weighted by Gasteiger charge is -2.41. The first-order valence-corrected chi connectivity index (χ1v) is 13.1. The van der Waals surface area contributed by atoms with Gasteiger partial charge >= 0.3 is 5.97 Å². The zero-order valence-corrected chi connectivity index (χ0v) is 21.3. The Labute approximate surface area is 216 Å². The van der Waals surface area contributed by atoms with Crippen LogP contribution in [0.15, 0.2) is 54.6 Å². The number of hydrogen-bond acceptors (Lipinski definition) is 7. The molecule has 190 valence electrons. The smallest absolute Gasteiger partial charge is 0.331 e. The molecule has 2 fully saturated rings. The van der Waals surface area contributed by atoms with Gasteiger partial charge in [-0.2, -0.15) is 9.50 Å². The van der Waals surface area contributed by atoms with Crippen LogP contribution in [0.25, 0.3) is 28.2 Å². The Hall–Kier alpha value is -3.78. The number of aromatic nitrogens is 4. The molecule has 37 heavy (non-hydrogen) atoms.